The number of halogens is 2. The normalized spacial score (nSPS) is 10.9. The number of amides is 1. The van der Waals surface area contributed by atoms with Gasteiger partial charge in [0.2, 0.25) is 5.91 Å². The Morgan fingerprint density at radius 2 is 1.97 bits per heavy atom. The van der Waals surface area contributed by atoms with E-state index in [-0.39, 0.29) is 11.0 Å². The first-order chi connectivity index (χ1) is 14.4. The van der Waals surface area contributed by atoms with E-state index in [0.717, 1.165) is 28.8 Å². The summed E-state index contributed by atoms with van der Waals surface area (Å²) in [6, 6.07) is 14.7. The van der Waals surface area contributed by atoms with Crippen LogP contribution < -0.4 is 10.6 Å². The van der Waals surface area contributed by atoms with Crippen LogP contribution in [0.1, 0.15) is 23.8 Å². The predicted octanol–water partition coefficient (Wildman–Crippen LogP) is 6.65. The molecule has 1 amide bonds. The van der Waals surface area contributed by atoms with Gasteiger partial charge in [-0.2, -0.15) is 0 Å². The Hall–Kier alpha value is -2.60. The largest absolute Gasteiger partial charge is 0.457 e. The second-order valence-corrected chi connectivity index (χ2v) is 7.82. The van der Waals surface area contributed by atoms with E-state index in [1.54, 1.807) is 36.4 Å². The molecule has 1 aromatic heterocycles. The molecule has 3 aromatic rings. The van der Waals surface area contributed by atoms with Gasteiger partial charge in [0, 0.05) is 22.3 Å². The highest BCUT2D eigenvalue weighted by molar-refractivity contribution is 7.80. The number of rotatable bonds is 5. The lowest BCUT2D eigenvalue weighted by Crippen LogP contribution is -2.33. The van der Waals surface area contributed by atoms with Crippen molar-refractivity contribution in [3.05, 3.63) is 81.5 Å². The molecule has 3 rings (SSSR count). The number of para-hydroxylation sites is 1. The Morgan fingerprint density at radius 3 is 2.70 bits per heavy atom. The number of nitrogens with one attached hydrogen (secondary N) is 2. The molecular formula is C23H20Cl2N2O2S. The minimum atomic E-state index is -0.360. The quantitative estimate of drug-likeness (QED) is 0.331. The zero-order valence-corrected chi connectivity index (χ0v) is 18.8. The maximum absolute atomic E-state index is 12.2. The number of hydrogen-bond acceptors (Lipinski definition) is 3. The molecule has 1 heterocycles. The minimum absolute atomic E-state index is 0.238. The van der Waals surface area contributed by atoms with Crippen molar-refractivity contribution < 1.29 is 9.21 Å². The average molecular weight is 459 g/mol. The fourth-order valence-corrected chi connectivity index (χ4v) is 3.64. The third kappa shape index (κ3) is 5.51. The molecule has 0 aliphatic rings. The van der Waals surface area contributed by atoms with Crippen LogP contribution in [0.4, 0.5) is 5.69 Å². The smallest absolute Gasteiger partial charge is 0.250 e. The molecule has 0 atom stereocenters. The molecule has 0 saturated carbocycles. The Morgan fingerprint density at radius 1 is 1.17 bits per heavy atom. The third-order valence-corrected chi connectivity index (χ3v) is 5.19. The SMILES string of the molecule is CCc1cccc(C)c1NC(=S)NC(=O)/C=C/c1ccc(-c2ccc(Cl)cc2Cl)o1. The average Bonchev–Trinajstić information content (AvgIpc) is 3.16. The van der Waals surface area contributed by atoms with Crippen LogP contribution >= 0.6 is 35.4 Å². The molecule has 0 fully saturated rings. The van der Waals surface area contributed by atoms with Gasteiger partial charge < -0.3 is 9.73 Å². The number of hydrogen-bond donors (Lipinski definition) is 2. The summed E-state index contributed by atoms with van der Waals surface area (Å²) in [7, 11) is 0. The molecule has 0 bridgehead atoms. The second kappa shape index (κ2) is 9.94. The van der Waals surface area contributed by atoms with E-state index in [1.807, 2.05) is 25.1 Å². The summed E-state index contributed by atoms with van der Waals surface area (Å²) in [5, 5.41) is 7.04. The van der Waals surface area contributed by atoms with Crippen molar-refractivity contribution >= 4 is 58.2 Å². The van der Waals surface area contributed by atoms with Gasteiger partial charge in [-0.3, -0.25) is 10.1 Å². The van der Waals surface area contributed by atoms with Gasteiger partial charge in [0.1, 0.15) is 11.5 Å². The molecule has 0 radical (unpaired) electrons. The highest BCUT2D eigenvalue weighted by Gasteiger charge is 2.10. The van der Waals surface area contributed by atoms with Gasteiger partial charge in [-0.1, -0.05) is 48.3 Å². The first-order valence-electron chi connectivity index (χ1n) is 9.31. The Bertz CT molecular complexity index is 1120. The summed E-state index contributed by atoms with van der Waals surface area (Å²) in [5.74, 6) is 0.736. The fraction of sp³-hybridized carbons (Fsp3) is 0.130. The van der Waals surface area contributed by atoms with E-state index in [1.165, 1.54) is 6.08 Å². The van der Waals surface area contributed by atoms with Gasteiger partial charge in [-0.25, -0.2) is 0 Å². The minimum Gasteiger partial charge on any atom is -0.457 e. The second-order valence-electron chi connectivity index (χ2n) is 6.57. The number of benzene rings is 2. The maximum atomic E-state index is 12.2. The molecule has 0 saturated heterocycles. The molecule has 2 aromatic carbocycles. The molecule has 0 aliphatic heterocycles. The summed E-state index contributed by atoms with van der Waals surface area (Å²) in [5.41, 5.74) is 3.84. The summed E-state index contributed by atoms with van der Waals surface area (Å²) in [6.07, 6.45) is 3.79. The number of anilines is 1. The van der Waals surface area contributed by atoms with Crippen molar-refractivity contribution in [2.75, 3.05) is 5.32 Å². The number of thiocarbonyl (C=S) groups is 1. The molecule has 154 valence electrons. The molecule has 4 nitrogen and oxygen atoms in total. The first-order valence-corrected chi connectivity index (χ1v) is 10.5. The number of carbonyl (C=O) groups excluding carboxylic acids is 1. The van der Waals surface area contributed by atoms with Crippen molar-refractivity contribution in [2.45, 2.75) is 20.3 Å². The number of aryl methyl sites for hydroxylation is 2. The van der Waals surface area contributed by atoms with E-state index in [9.17, 15) is 4.79 Å². The van der Waals surface area contributed by atoms with Crippen LogP contribution in [0.2, 0.25) is 10.0 Å². The molecule has 0 aliphatic carbocycles. The van der Waals surface area contributed by atoms with Crippen LogP contribution in [0.3, 0.4) is 0 Å². The van der Waals surface area contributed by atoms with Gasteiger partial charge >= 0.3 is 0 Å². The van der Waals surface area contributed by atoms with E-state index < -0.39 is 0 Å². The van der Waals surface area contributed by atoms with Crippen LogP contribution in [0, 0.1) is 6.92 Å². The van der Waals surface area contributed by atoms with E-state index in [4.69, 9.17) is 39.8 Å². The topological polar surface area (TPSA) is 54.3 Å². The Balaban J connectivity index is 1.63. The van der Waals surface area contributed by atoms with Crippen LogP contribution in [0.25, 0.3) is 17.4 Å². The van der Waals surface area contributed by atoms with Crippen molar-refractivity contribution in [2.24, 2.45) is 0 Å². The van der Waals surface area contributed by atoms with E-state index in [0.29, 0.717) is 21.6 Å². The lowest BCUT2D eigenvalue weighted by Gasteiger charge is -2.14. The highest BCUT2D eigenvalue weighted by atomic mass is 35.5. The van der Waals surface area contributed by atoms with Crippen LogP contribution in [-0.2, 0) is 11.2 Å². The molecular weight excluding hydrogens is 439 g/mol. The monoisotopic (exact) mass is 458 g/mol. The lowest BCUT2D eigenvalue weighted by atomic mass is 10.1. The van der Waals surface area contributed by atoms with Crippen molar-refractivity contribution in [1.82, 2.24) is 5.32 Å². The summed E-state index contributed by atoms with van der Waals surface area (Å²) in [4.78, 5) is 12.2. The summed E-state index contributed by atoms with van der Waals surface area (Å²) in [6.45, 7) is 4.06. The highest BCUT2D eigenvalue weighted by Crippen LogP contribution is 2.31. The van der Waals surface area contributed by atoms with Crippen LogP contribution in [-0.4, -0.2) is 11.0 Å². The lowest BCUT2D eigenvalue weighted by molar-refractivity contribution is -0.115. The van der Waals surface area contributed by atoms with E-state index >= 15 is 0 Å². The molecule has 7 heteroatoms. The fourth-order valence-electron chi connectivity index (χ4n) is 2.93. The van der Waals surface area contributed by atoms with E-state index in [2.05, 4.69) is 17.6 Å². The standard InChI is InChI=1S/C23H20Cl2N2O2S/c1-3-15-6-4-5-14(2)22(15)27-23(30)26-21(28)12-9-17-8-11-20(29-17)18-10-7-16(24)13-19(18)25/h4-13H,3H2,1-2H3,(H2,26,27,28,30)/b12-9+. The van der Waals surface area contributed by atoms with Crippen LogP contribution in [0.5, 0.6) is 0 Å². The molecule has 0 unspecified atom stereocenters. The van der Waals surface area contributed by atoms with Gasteiger partial charge in [0.15, 0.2) is 5.11 Å². The zero-order valence-electron chi connectivity index (χ0n) is 16.5. The van der Waals surface area contributed by atoms with Crippen molar-refractivity contribution in [3.8, 4) is 11.3 Å². The molecule has 0 spiro atoms. The third-order valence-electron chi connectivity index (χ3n) is 4.44. The Kier molecular flexibility index (Phi) is 7.32. The summed E-state index contributed by atoms with van der Waals surface area (Å²) >= 11 is 17.4. The van der Waals surface area contributed by atoms with Crippen molar-refractivity contribution in [1.29, 1.82) is 0 Å². The summed E-state index contributed by atoms with van der Waals surface area (Å²) < 4.78 is 5.74. The maximum Gasteiger partial charge on any atom is 0.250 e. The van der Waals surface area contributed by atoms with Crippen molar-refractivity contribution in [3.63, 3.8) is 0 Å². The zero-order chi connectivity index (χ0) is 21.7. The van der Waals surface area contributed by atoms with Gasteiger partial charge in [-0.15, -0.1) is 0 Å². The predicted molar refractivity (Wildman–Crippen MR) is 128 cm³/mol. The molecule has 30 heavy (non-hydrogen) atoms. The van der Waals surface area contributed by atoms with Gasteiger partial charge in [0.25, 0.3) is 0 Å². The number of carbonyl (C=O) groups is 1. The first kappa shape index (κ1) is 22.1. The Labute approximate surface area is 190 Å². The molecule has 2 N–H and O–H groups in total. The van der Waals surface area contributed by atoms with Crippen LogP contribution in [0.15, 0.2) is 59.0 Å². The number of furan rings is 1. The van der Waals surface area contributed by atoms with Gasteiger partial charge in [0.05, 0.1) is 5.02 Å². The van der Waals surface area contributed by atoms with Gasteiger partial charge in [-0.05, 0) is 73.1 Å².